The molecule has 0 atom stereocenters. The first kappa shape index (κ1) is 10.8. The number of alkyl halides is 4. The number of methoxy groups -OCH3 is 1. The van der Waals surface area contributed by atoms with Crippen molar-refractivity contribution in [1.29, 1.82) is 0 Å². The number of benzene rings is 1. The van der Waals surface area contributed by atoms with Crippen LogP contribution in [0.5, 0.6) is 5.75 Å². The van der Waals surface area contributed by atoms with Gasteiger partial charge in [-0.1, -0.05) is 6.07 Å². The lowest BCUT2D eigenvalue weighted by atomic mass is 10.1. The van der Waals surface area contributed by atoms with Gasteiger partial charge in [-0.15, -0.1) is 0 Å². The lowest BCUT2D eigenvalue weighted by molar-refractivity contribution is -0.138. The summed E-state index contributed by atoms with van der Waals surface area (Å²) in [5.41, 5.74) is -0.965. The van der Waals surface area contributed by atoms with Gasteiger partial charge < -0.3 is 4.74 Å². The molecule has 0 aliphatic heterocycles. The van der Waals surface area contributed by atoms with E-state index in [-0.39, 0.29) is 11.3 Å². The molecule has 0 unspecified atom stereocenters. The molecule has 0 saturated heterocycles. The van der Waals surface area contributed by atoms with Crippen LogP contribution in [0.1, 0.15) is 11.1 Å². The van der Waals surface area contributed by atoms with Crippen LogP contribution in [0.4, 0.5) is 17.6 Å². The van der Waals surface area contributed by atoms with Gasteiger partial charge in [0.15, 0.2) is 0 Å². The van der Waals surface area contributed by atoms with Crippen molar-refractivity contribution in [2.45, 2.75) is 12.9 Å². The van der Waals surface area contributed by atoms with Gasteiger partial charge in [-0.05, 0) is 17.7 Å². The molecule has 0 radical (unpaired) electrons. The Balaban J connectivity index is 3.22. The van der Waals surface area contributed by atoms with E-state index >= 15 is 0 Å². The summed E-state index contributed by atoms with van der Waals surface area (Å²) in [7, 11) is 1.14. The van der Waals surface area contributed by atoms with Gasteiger partial charge in [0.25, 0.3) is 0 Å². The van der Waals surface area contributed by atoms with E-state index in [9.17, 15) is 17.6 Å². The Hall–Kier alpha value is -1.26. The fourth-order valence-corrected chi connectivity index (χ4v) is 1.06. The lowest BCUT2D eigenvalue weighted by Crippen LogP contribution is -2.07. The molecule has 1 aromatic rings. The molecule has 1 nitrogen and oxygen atoms in total. The van der Waals surface area contributed by atoms with Crippen LogP contribution in [0, 0.1) is 0 Å². The maximum atomic E-state index is 12.3. The van der Waals surface area contributed by atoms with E-state index in [1.807, 2.05) is 0 Å². The SMILES string of the molecule is COc1ccc(CF)cc1C(F)(F)F. The molecule has 0 N–H and O–H groups in total. The fraction of sp³-hybridized carbons (Fsp3) is 0.333. The fourth-order valence-electron chi connectivity index (χ4n) is 1.06. The second-order valence-electron chi connectivity index (χ2n) is 2.67. The molecule has 0 aliphatic rings. The molecular formula is C9H8F4O. The second kappa shape index (κ2) is 3.86. The maximum Gasteiger partial charge on any atom is 0.419 e. The maximum absolute atomic E-state index is 12.3. The van der Waals surface area contributed by atoms with Crippen molar-refractivity contribution in [3.63, 3.8) is 0 Å². The molecule has 1 aromatic carbocycles. The van der Waals surface area contributed by atoms with Gasteiger partial charge >= 0.3 is 6.18 Å². The van der Waals surface area contributed by atoms with Gasteiger partial charge in [0, 0.05) is 0 Å². The van der Waals surface area contributed by atoms with Gasteiger partial charge in [0.2, 0.25) is 0 Å². The zero-order valence-corrected chi connectivity index (χ0v) is 7.36. The quantitative estimate of drug-likeness (QED) is 0.678. The topological polar surface area (TPSA) is 9.23 Å². The van der Waals surface area contributed by atoms with Crippen molar-refractivity contribution in [3.8, 4) is 5.75 Å². The van der Waals surface area contributed by atoms with Crippen LogP contribution in [-0.4, -0.2) is 7.11 Å². The number of hydrogen-bond donors (Lipinski definition) is 0. The minimum absolute atomic E-state index is 0.0156. The molecule has 0 bridgehead atoms. The van der Waals surface area contributed by atoms with E-state index in [1.54, 1.807) is 0 Å². The molecule has 78 valence electrons. The Bertz CT molecular complexity index is 319. The van der Waals surface area contributed by atoms with Crippen molar-refractivity contribution < 1.29 is 22.3 Å². The highest BCUT2D eigenvalue weighted by molar-refractivity contribution is 5.39. The zero-order chi connectivity index (χ0) is 10.8. The number of halogens is 4. The molecule has 0 heterocycles. The third-order valence-electron chi connectivity index (χ3n) is 1.72. The summed E-state index contributed by atoms with van der Waals surface area (Å²) in [4.78, 5) is 0. The molecule has 5 heteroatoms. The molecule has 1 rings (SSSR count). The summed E-state index contributed by atoms with van der Waals surface area (Å²) in [6.45, 7) is -0.924. The third kappa shape index (κ3) is 2.16. The van der Waals surface area contributed by atoms with Crippen molar-refractivity contribution in [2.24, 2.45) is 0 Å². The van der Waals surface area contributed by atoms with Gasteiger partial charge in [0.1, 0.15) is 12.4 Å². The smallest absolute Gasteiger partial charge is 0.419 e. The molecule has 0 aromatic heterocycles. The third-order valence-corrected chi connectivity index (χ3v) is 1.72. The normalized spacial score (nSPS) is 11.5. The summed E-state index contributed by atoms with van der Waals surface area (Å²) in [5, 5.41) is 0. The van der Waals surface area contributed by atoms with Gasteiger partial charge in [0.05, 0.1) is 12.7 Å². The van der Waals surface area contributed by atoms with Gasteiger partial charge in [-0.3, -0.25) is 0 Å². The largest absolute Gasteiger partial charge is 0.496 e. The minimum Gasteiger partial charge on any atom is -0.496 e. The van der Waals surface area contributed by atoms with Crippen LogP contribution >= 0.6 is 0 Å². The van der Waals surface area contributed by atoms with Crippen molar-refractivity contribution in [3.05, 3.63) is 29.3 Å². The molecule has 14 heavy (non-hydrogen) atoms. The number of hydrogen-bond acceptors (Lipinski definition) is 1. The van der Waals surface area contributed by atoms with Crippen LogP contribution < -0.4 is 4.74 Å². The van der Waals surface area contributed by atoms with Crippen LogP contribution in [0.15, 0.2) is 18.2 Å². The zero-order valence-electron chi connectivity index (χ0n) is 7.36. The first-order valence-corrected chi connectivity index (χ1v) is 3.79. The van der Waals surface area contributed by atoms with Gasteiger partial charge in [-0.25, -0.2) is 4.39 Å². The summed E-state index contributed by atoms with van der Waals surface area (Å²) >= 11 is 0. The van der Waals surface area contributed by atoms with E-state index in [0.29, 0.717) is 0 Å². The van der Waals surface area contributed by atoms with Crippen molar-refractivity contribution in [2.75, 3.05) is 7.11 Å². The Labute approximate surface area is 78.3 Å². The molecule has 0 saturated carbocycles. The summed E-state index contributed by atoms with van der Waals surface area (Å²) < 4.78 is 53.7. The van der Waals surface area contributed by atoms with Crippen LogP contribution in [0.2, 0.25) is 0 Å². The Morgan fingerprint density at radius 1 is 1.29 bits per heavy atom. The molecule has 0 fully saturated rings. The first-order valence-electron chi connectivity index (χ1n) is 3.79. The average molecular weight is 208 g/mol. The predicted molar refractivity (Wildman–Crippen MR) is 42.8 cm³/mol. The highest BCUT2D eigenvalue weighted by atomic mass is 19.4. The lowest BCUT2D eigenvalue weighted by Gasteiger charge is -2.12. The van der Waals surface area contributed by atoms with E-state index in [1.165, 1.54) is 6.07 Å². The van der Waals surface area contributed by atoms with E-state index < -0.39 is 18.4 Å². The van der Waals surface area contributed by atoms with Crippen LogP contribution in [-0.2, 0) is 12.9 Å². The first-order chi connectivity index (χ1) is 6.49. The van der Waals surface area contributed by atoms with Crippen molar-refractivity contribution in [1.82, 2.24) is 0 Å². The van der Waals surface area contributed by atoms with Crippen LogP contribution in [0.25, 0.3) is 0 Å². The van der Waals surface area contributed by atoms with E-state index in [2.05, 4.69) is 4.74 Å². The van der Waals surface area contributed by atoms with Crippen LogP contribution in [0.3, 0.4) is 0 Å². The highest BCUT2D eigenvalue weighted by Crippen LogP contribution is 2.36. The second-order valence-corrected chi connectivity index (χ2v) is 2.67. The van der Waals surface area contributed by atoms with Gasteiger partial charge in [-0.2, -0.15) is 13.2 Å². The molecular weight excluding hydrogens is 200 g/mol. The summed E-state index contributed by atoms with van der Waals surface area (Å²) in [6, 6.07) is 3.12. The predicted octanol–water partition coefficient (Wildman–Crippen LogP) is 3.18. The Morgan fingerprint density at radius 3 is 2.36 bits per heavy atom. The minimum atomic E-state index is -4.52. The van der Waals surface area contributed by atoms with E-state index in [4.69, 9.17) is 0 Å². The van der Waals surface area contributed by atoms with E-state index in [0.717, 1.165) is 19.2 Å². The highest BCUT2D eigenvalue weighted by Gasteiger charge is 2.34. The Kier molecular flexibility index (Phi) is 2.98. The average Bonchev–Trinajstić information content (AvgIpc) is 2.15. The summed E-state index contributed by atoms with van der Waals surface area (Å²) in [5.74, 6) is -0.297. The number of ether oxygens (including phenoxy) is 1. The molecule has 0 aliphatic carbocycles. The summed E-state index contributed by atoms with van der Waals surface area (Å²) in [6.07, 6.45) is -4.52. The Morgan fingerprint density at radius 2 is 1.93 bits per heavy atom. The molecule has 0 amide bonds. The standard InChI is InChI=1S/C9H8F4O/c1-14-8-3-2-6(5-10)4-7(8)9(11,12)13/h2-4H,5H2,1H3. The van der Waals surface area contributed by atoms with Crippen molar-refractivity contribution >= 4 is 0 Å². The number of rotatable bonds is 2. The monoisotopic (exact) mass is 208 g/mol. The molecule has 0 spiro atoms.